The van der Waals surface area contributed by atoms with E-state index in [9.17, 15) is 0 Å². The van der Waals surface area contributed by atoms with Crippen LogP contribution in [0.15, 0.2) is 47.6 Å². The summed E-state index contributed by atoms with van der Waals surface area (Å²) in [6, 6.07) is 13.9. The van der Waals surface area contributed by atoms with Gasteiger partial charge < -0.3 is 19.0 Å². The third kappa shape index (κ3) is 2.82. The van der Waals surface area contributed by atoms with Crippen molar-refractivity contribution in [2.45, 2.75) is 18.9 Å². The summed E-state index contributed by atoms with van der Waals surface area (Å²) in [5, 5.41) is 4.24. The van der Waals surface area contributed by atoms with Gasteiger partial charge in [0, 0.05) is 18.4 Å². The van der Waals surface area contributed by atoms with Crippen molar-refractivity contribution in [3.63, 3.8) is 0 Å². The van der Waals surface area contributed by atoms with Crippen LogP contribution in [0.1, 0.15) is 17.5 Å². The van der Waals surface area contributed by atoms with Crippen LogP contribution in [-0.2, 0) is 11.3 Å². The molecule has 0 N–H and O–H groups in total. The van der Waals surface area contributed by atoms with Crippen molar-refractivity contribution in [2.75, 3.05) is 13.9 Å². The second kappa shape index (κ2) is 5.83. The Morgan fingerprint density at radius 2 is 2.04 bits per heavy atom. The molecule has 0 radical (unpaired) electrons. The monoisotopic (exact) mass is 311 g/mol. The molecule has 0 aliphatic carbocycles. The summed E-state index contributed by atoms with van der Waals surface area (Å²) in [6.45, 7) is 0.293. The zero-order valence-electron chi connectivity index (χ0n) is 12.8. The molecule has 118 valence electrons. The van der Waals surface area contributed by atoms with Crippen LogP contribution in [0.5, 0.6) is 17.2 Å². The Balaban J connectivity index is 1.43. The minimum atomic E-state index is 0.0385. The zero-order valence-corrected chi connectivity index (χ0v) is 12.8. The molecular formula is C18H17NO4. The van der Waals surface area contributed by atoms with Gasteiger partial charge in [0.05, 0.1) is 12.8 Å². The van der Waals surface area contributed by atoms with Gasteiger partial charge in [0.25, 0.3) is 0 Å². The molecular weight excluding hydrogens is 294 g/mol. The molecule has 2 aliphatic heterocycles. The van der Waals surface area contributed by atoms with Crippen LogP contribution in [-0.4, -0.2) is 25.7 Å². The fraction of sp³-hybridized carbons (Fsp3) is 0.278. The van der Waals surface area contributed by atoms with Gasteiger partial charge in [-0.3, -0.25) is 0 Å². The van der Waals surface area contributed by atoms with Crippen LogP contribution in [0.3, 0.4) is 0 Å². The van der Waals surface area contributed by atoms with Crippen molar-refractivity contribution >= 4 is 5.71 Å². The second-order valence-corrected chi connectivity index (χ2v) is 5.59. The Labute approximate surface area is 134 Å². The number of methoxy groups -OCH3 is 1. The van der Waals surface area contributed by atoms with E-state index in [0.29, 0.717) is 6.79 Å². The molecule has 4 rings (SSSR count). The van der Waals surface area contributed by atoms with Crippen LogP contribution < -0.4 is 14.2 Å². The first kappa shape index (κ1) is 13.9. The number of rotatable bonds is 4. The quantitative estimate of drug-likeness (QED) is 0.870. The predicted molar refractivity (Wildman–Crippen MR) is 85.3 cm³/mol. The SMILES string of the molecule is COc1cccc(C2=NO[C@H](Cc3ccc4c(c3)OCO4)C2)c1. The molecule has 0 unspecified atom stereocenters. The van der Waals surface area contributed by atoms with Gasteiger partial charge in [-0.25, -0.2) is 0 Å². The Morgan fingerprint density at radius 3 is 2.96 bits per heavy atom. The van der Waals surface area contributed by atoms with Crippen LogP contribution in [0.4, 0.5) is 0 Å². The second-order valence-electron chi connectivity index (χ2n) is 5.59. The number of ether oxygens (including phenoxy) is 3. The molecule has 2 aromatic rings. The maximum atomic E-state index is 5.59. The highest BCUT2D eigenvalue weighted by atomic mass is 16.7. The summed E-state index contributed by atoms with van der Waals surface area (Å²) < 4.78 is 16.0. The van der Waals surface area contributed by atoms with E-state index in [4.69, 9.17) is 19.0 Å². The number of hydrogen-bond acceptors (Lipinski definition) is 5. The van der Waals surface area contributed by atoms with Crippen LogP contribution in [0.25, 0.3) is 0 Å². The van der Waals surface area contributed by atoms with Crippen molar-refractivity contribution in [3.8, 4) is 17.2 Å². The summed E-state index contributed by atoms with van der Waals surface area (Å²) in [7, 11) is 1.66. The molecule has 5 heteroatoms. The topological polar surface area (TPSA) is 49.3 Å². The lowest BCUT2D eigenvalue weighted by molar-refractivity contribution is 0.0859. The molecule has 1 atom stereocenters. The maximum absolute atomic E-state index is 5.59. The van der Waals surface area contributed by atoms with E-state index in [1.54, 1.807) is 7.11 Å². The largest absolute Gasteiger partial charge is 0.497 e. The smallest absolute Gasteiger partial charge is 0.231 e. The van der Waals surface area contributed by atoms with E-state index in [1.807, 2.05) is 42.5 Å². The van der Waals surface area contributed by atoms with Crippen molar-refractivity contribution in [3.05, 3.63) is 53.6 Å². The molecule has 0 bridgehead atoms. The molecule has 2 heterocycles. The van der Waals surface area contributed by atoms with E-state index in [2.05, 4.69) is 5.16 Å². The minimum absolute atomic E-state index is 0.0385. The number of fused-ring (bicyclic) bond motifs is 1. The molecule has 0 saturated heterocycles. The predicted octanol–water partition coefficient (Wildman–Crippen LogP) is 3.16. The highest BCUT2D eigenvalue weighted by molar-refractivity contribution is 6.01. The van der Waals surface area contributed by atoms with Gasteiger partial charge in [-0.15, -0.1) is 0 Å². The first-order valence-corrected chi connectivity index (χ1v) is 7.57. The van der Waals surface area contributed by atoms with Gasteiger partial charge in [0.1, 0.15) is 11.9 Å². The molecule has 0 saturated carbocycles. The Kier molecular flexibility index (Phi) is 3.54. The Bertz CT molecular complexity index is 756. The van der Waals surface area contributed by atoms with Gasteiger partial charge in [0.15, 0.2) is 11.5 Å². The molecule has 23 heavy (non-hydrogen) atoms. The highest BCUT2D eigenvalue weighted by Gasteiger charge is 2.24. The first-order chi connectivity index (χ1) is 11.3. The lowest BCUT2D eigenvalue weighted by Gasteiger charge is -2.09. The standard InChI is InChI=1S/C18H17NO4/c1-20-14-4-2-3-13(9-14)16-10-15(23-19-16)7-12-5-6-17-18(8-12)22-11-21-17/h2-6,8-9,15H,7,10-11H2,1H3/t15-/m1/s1. The van der Waals surface area contributed by atoms with Gasteiger partial charge in [0.2, 0.25) is 6.79 Å². The minimum Gasteiger partial charge on any atom is -0.497 e. The fourth-order valence-corrected chi connectivity index (χ4v) is 2.84. The molecule has 0 aromatic heterocycles. The summed E-state index contributed by atoms with van der Waals surface area (Å²) in [4.78, 5) is 5.59. The van der Waals surface area contributed by atoms with Gasteiger partial charge in [-0.2, -0.15) is 0 Å². The molecule has 5 nitrogen and oxygen atoms in total. The summed E-state index contributed by atoms with van der Waals surface area (Å²) in [5.74, 6) is 2.42. The Morgan fingerprint density at radius 1 is 1.13 bits per heavy atom. The lowest BCUT2D eigenvalue weighted by Crippen LogP contribution is -2.11. The van der Waals surface area contributed by atoms with Gasteiger partial charge >= 0.3 is 0 Å². The summed E-state index contributed by atoms with van der Waals surface area (Å²) >= 11 is 0. The van der Waals surface area contributed by atoms with E-state index in [0.717, 1.165) is 46.9 Å². The summed E-state index contributed by atoms with van der Waals surface area (Å²) in [6.07, 6.45) is 1.60. The van der Waals surface area contributed by atoms with E-state index in [-0.39, 0.29) is 6.10 Å². The van der Waals surface area contributed by atoms with Crippen molar-refractivity contribution in [1.82, 2.24) is 0 Å². The van der Waals surface area contributed by atoms with E-state index < -0.39 is 0 Å². The maximum Gasteiger partial charge on any atom is 0.231 e. The average molecular weight is 311 g/mol. The third-order valence-corrected chi connectivity index (χ3v) is 4.04. The Hall–Kier alpha value is -2.69. The molecule has 0 spiro atoms. The number of oxime groups is 1. The van der Waals surface area contributed by atoms with E-state index in [1.165, 1.54) is 0 Å². The molecule has 2 aromatic carbocycles. The van der Waals surface area contributed by atoms with Crippen LogP contribution >= 0.6 is 0 Å². The van der Waals surface area contributed by atoms with Crippen molar-refractivity contribution in [2.24, 2.45) is 5.16 Å². The third-order valence-electron chi connectivity index (χ3n) is 4.04. The van der Waals surface area contributed by atoms with Crippen molar-refractivity contribution in [1.29, 1.82) is 0 Å². The van der Waals surface area contributed by atoms with Crippen LogP contribution in [0, 0.1) is 0 Å². The van der Waals surface area contributed by atoms with Gasteiger partial charge in [-0.1, -0.05) is 23.4 Å². The highest BCUT2D eigenvalue weighted by Crippen LogP contribution is 2.33. The first-order valence-electron chi connectivity index (χ1n) is 7.57. The van der Waals surface area contributed by atoms with E-state index >= 15 is 0 Å². The number of nitrogens with zero attached hydrogens (tertiary/aromatic N) is 1. The molecule has 0 fully saturated rings. The molecule has 0 amide bonds. The van der Waals surface area contributed by atoms with Crippen LogP contribution in [0.2, 0.25) is 0 Å². The fourth-order valence-electron chi connectivity index (χ4n) is 2.84. The summed E-state index contributed by atoms with van der Waals surface area (Å²) in [5.41, 5.74) is 3.15. The average Bonchev–Trinajstić information content (AvgIpc) is 3.24. The zero-order chi connectivity index (χ0) is 15.6. The lowest BCUT2D eigenvalue weighted by atomic mass is 10.00. The number of benzene rings is 2. The molecule has 2 aliphatic rings. The normalized spacial score (nSPS) is 18.5. The van der Waals surface area contributed by atoms with Crippen molar-refractivity contribution < 1.29 is 19.0 Å². The van der Waals surface area contributed by atoms with Gasteiger partial charge in [-0.05, 0) is 29.8 Å². The number of hydrogen-bond donors (Lipinski definition) is 0.